The minimum atomic E-state index is 0.781. The minimum Gasteiger partial charge on any atom is -0.361 e. The van der Waals surface area contributed by atoms with Crippen LogP contribution in [0.5, 0.6) is 0 Å². The van der Waals surface area contributed by atoms with Gasteiger partial charge in [-0.15, -0.1) is 0 Å². The molecule has 1 aromatic carbocycles. The number of aliphatic imine (C=N–C) groups is 1. The summed E-state index contributed by atoms with van der Waals surface area (Å²) in [5.74, 6) is 1.72. The third-order valence-electron chi connectivity index (χ3n) is 5.85. The third kappa shape index (κ3) is 5.76. The molecule has 1 saturated heterocycles. The summed E-state index contributed by atoms with van der Waals surface area (Å²) < 4.78 is 0. The first-order chi connectivity index (χ1) is 15.7. The van der Waals surface area contributed by atoms with Gasteiger partial charge in [-0.2, -0.15) is 0 Å². The number of nitrogens with one attached hydrogen (secondary N) is 3. The molecule has 170 valence electrons. The van der Waals surface area contributed by atoms with E-state index in [1.165, 1.54) is 22.0 Å². The number of H-pyrrole nitrogens is 1. The van der Waals surface area contributed by atoms with E-state index in [-0.39, 0.29) is 0 Å². The fourth-order valence-electron chi connectivity index (χ4n) is 4.09. The predicted octanol–water partition coefficient (Wildman–Crippen LogP) is 2.19. The summed E-state index contributed by atoms with van der Waals surface area (Å²) in [7, 11) is 0. The van der Waals surface area contributed by atoms with Gasteiger partial charge in [0.25, 0.3) is 0 Å². The Morgan fingerprint density at radius 3 is 2.72 bits per heavy atom. The minimum absolute atomic E-state index is 0.781. The molecule has 4 rings (SSSR count). The maximum Gasteiger partial charge on any atom is 0.225 e. The highest BCUT2D eigenvalue weighted by molar-refractivity contribution is 5.84. The van der Waals surface area contributed by atoms with Crippen molar-refractivity contribution < 1.29 is 0 Å². The van der Waals surface area contributed by atoms with E-state index in [2.05, 4.69) is 73.6 Å². The van der Waals surface area contributed by atoms with Gasteiger partial charge in [0.15, 0.2) is 5.96 Å². The molecule has 0 atom stereocenters. The summed E-state index contributed by atoms with van der Waals surface area (Å²) in [6.07, 6.45) is 6.68. The summed E-state index contributed by atoms with van der Waals surface area (Å²) >= 11 is 0. The quantitative estimate of drug-likeness (QED) is 0.372. The van der Waals surface area contributed by atoms with E-state index in [1.54, 1.807) is 12.4 Å². The average Bonchev–Trinajstić information content (AvgIpc) is 3.22. The van der Waals surface area contributed by atoms with E-state index < -0.39 is 0 Å². The first-order valence-electron chi connectivity index (χ1n) is 11.6. The van der Waals surface area contributed by atoms with Crippen LogP contribution in [0.2, 0.25) is 0 Å². The molecule has 0 amide bonds. The Bertz CT molecular complexity index is 1010. The van der Waals surface area contributed by atoms with Crippen molar-refractivity contribution in [2.75, 3.05) is 57.3 Å². The van der Waals surface area contributed by atoms with Gasteiger partial charge < -0.3 is 20.5 Å². The van der Waals surface area contributed by atoms with E-state index in [9.17, 15) is 0 Å². The lowest BCUT2D eigenvalue weighted by molar-refractivity contribution is 0.263. The number of piperazine rings is 1. The van der Waals surface area contributed by atoms with E-state index in [4.69, 9.17) is 4.99 Å². The van der Waals surface area contributed by atoms with Gasteiger partial charge in [-0.05, 0) is 43.5 Å². The number of aryl methyl sites for hydroxylation is 1. The van der Waals surface area contributed by atoms with Crippen LogP contribution in [-0.2, 0) is 6.42 Å². The van der Waals surface area contributed by atoms with Crippen LogP contribution >= 0.6 is 0 Å². The monoisotopic (exact) mass is 434 g/mol. The highest BCUT2D eigenvalue weighted by Crippen LogP contribution is 2.19. The van der Waals surface area contributed by atoms with Gasteiger partial charge in [0.1, 0.15) is 0 Å². The molecule has 8 nitrogen and oxygen atoms in total. The lowest BCUT2D eigenvalue weighted by Crippen LogP contribution is -2.47. The number of guanidine groups is 1. The van der Waals surface area contributed by atoms with Gasteiger partial charge in [0.05, 0.1) is 6.54 Å². The van der Waals surface area contributed by atoms with Crippen LogP contribution in [0.15, 0.2) is 47.8 Å². The second-order valence-corrected chi connectivity index (χ2v) is 8.18. The summed E-state index contributed by atoms with van der Waals surface area (Å²) in [5, 5.41) is 8.15. The van der Waals surface area contributed by atoms with Crippen molar-refractivity contribution in [3.8, 4) is 0 Å². The number of fused-ring (bicyclic) bond motifs is 1. The van der Waals surface area contributed by atoms with Gasteiger partial charge in [-0.3, -0.25) is 9.89 Å². The zero-order chi connectivity index (χ0) is 22.2. The second kappa shape index (κ2) is 10.9. The number of hydrogen-bond acceptors (Lipinski definition) is 5. The SMILES string of the molecule is CCNC(=NCCN1CCN(c2ncccn2)CC1)NCCc1c[nH]c2cc(C)ccc12. The summed E-state index contributed by atoms with van der Waals surface area (Å²) in [6.45, 7) is 11.6. The fraction of sp³-hybridized carbons (Fsp3) is 0.458. The lowest BCUT2D eigenvalue weighted by Gasteiger charge is -2.34. The lowest BCUT2D eigenvalue weighted by atomic mass is 10.1. The number of benzene rings is 1. The molecular weight excluding hydrogens is 400 g/mol. The second-order valence-electron chi connectivity index (χ2n) is 8.18. The van der Waals surface area contributed by atoms with Crippen molar-refractivity contribution in [3.05, 3.63) is 54.0 Å². The molecular formula is C24H34N8. The Morgan fingerprint density at radius 1 is 1.12 bits per heavy atom. The first-order valence-corrected chi connectivity index (χ1v) is 11.6. The predicted molar refractivity (Wildman–Crippen MR) is 131 cm³/mol. The molecule has 0 spiro atoms. The molecule has 3 N–H and O–H groups in total. The van der Waals surface area contributed by atoms with Crippen molar-refractivity contribution in [2.45, 2.75) is 20.3 Å². The van der Waals surface area contributed by atoms with Crippen molar-refractivity contribution in [1.82, 2.24) is 30.5 Å². The number of aromatic amines is 1. The number of hydrogen-bond donors (Lipinski definition) is 3. The summed E-state index contributed by atoms with van der Waals surface area (Å²) in [5.41, 5.74) is 3.82. The van der Waals surface area contributed by atoms with E-state index in [0.29, 0.717) is 0 Å². The highest BCUT2D eigenvalue weighted by Gasteiger charge is 2.18. The molecule has 32 heavy (non-hydrogen) atoms. The molecule has 3 heterocycles. The van der Waals surface area contributed by atoms with Crippen molar-refractivity contribution in [2.24, 2.45) is 4.99 Å². The molecule has 1 fully saturated rings. The molecule has 0 unspecified atom stereocenters. The molecule has 0 radical (unpaired) electrons. The molecule has 0 aliphatic carbocycles. The van der Waals surface area contributed by atoms with Gasteiger partial charge in [-0.25, -0.2) is 9.97 Å². The van der Waals surface area contributed by atoms with Crippen LogP contribution in [0.4, 0.5) is 5.95 Å². The molecule has 2 aromatic heterocycles. The van der Waals surface area contributed by atoms with Crippen LogP contribution < -0.4 is 15.5 Å². The largest absolute Gasteiger partial charge is 0.361 e. The number of anilines is 1. The number of rotatable bonds is 8. The third-order valence-corrected chi connectivity index (χ3v) is 5.85. The van der Waals surface area contributed by atoms with Crippen LogP contribution in [0.3, 0.4) is 0 Å². The maximum atomic E-state index is 4.78. The number of aromatic nitrogens is 3. The zero-order valence-electron chi connectivity index (χ0n) is 19.1. The van der Waals surface area contributed by atoms with E-state index in [1.807, 2.05) is 6.07 Å². The van der Waals surface area contributed by atoms with Gasteiger partial charge >= 0.3 is 0 Å². The van der Waals surface area contributed by atoms with Crippen molar-refractivity contribution >= 4 is 22.8 Å². The first kappa shape index (κ1) is 22.1. The normalized spacial score (nSPS) is 15.3. The van der Waals surface area contributed by atoms with Crippen LogP contribution in [0.25, 0.3) is 10.9 Å². The average molecular weight is 435 g/mol. The fourth-order valence-corrected chi connectivity index (χ4v) is 4.09. The maximum absolute atomic E-state index is 4.78. The van der Waals surface area contributed by atoms with Crippen molar-refractivity contribution in [1.29, 1.82) is 0 Å². The van der Waals surface area contributed by atoms with Gasteiger partial charge in [-0.1, -0.05) is 12.1 Å². The highest BCUT2D eigenvalue weighted by atomic mass is 15.3. The number of nitrogens with zero attached hydrogens (tertiary/aromatic N) is 5. The van der Waals surface area contributed by atoms with E-state index in [0.717, 1.165) is 70.7 Å². The molecule has 8 heteroatoms. The van der Waals surface area contributed by atoms with Crippen molar-refractivity contribution in [3.63, 3.8) is 0 Å². The van der Waals surface area contributed by atoms with Crippen LogP contribution in [0, 0.1) is 6.92 Å². The van der Waals surface area contributed by atoms with Crippen LogP contribution in [-0.4, -0.2) is 78.2 Å². The smallest absolute Gasteiger partial charge is 0.225 e. The Balaban J connectivity index is 1.22. The molecule has 0 bridgehead atoms. The molecule has 3 aromatic rings. The Hall–Kier alpha value is -3.13. The Morgan fingerprint density at radius 2 is 1.94 bits per heavy atom. The van der Waals surface area contributed by atoms with Gasteiger partial charge in [0.2, 0.25) is 5.95 Å². The zero-order valence-corrected chi connectivity index (χ0v) is 19.1. The molecule has 1 aliphatic rings. The topological polar surface area (TPSA) is 84.5 Å². The molecule has 0 saturated carbocycles. The van der Waals surface area contributed by atoms with Crippen LogP contribution in [0.1, 0.15) is 18.1 Å². The Kier molecular flexibility index (Phi) is 7.55. The standard InChI is InChI=1S/C24H34N8/c1-3-25-23(26-10-7-20-18-30-22-17-19(2)5-6-21(20)22)27-11-12-31-13-15-32(16-14-31)24-28-8-4-9-29-24/h4-6,8-9,17-18,30H,3,7,10-16H2,1-2H3,(H2,25,26,27). The summed E-state index contributed by atoms with van der Waals surface area (Å²) in [6, 6.07) is 8.43. The summed E-state index contributed by atoms with van der Waals surface area (Å²) in [4.78, 5) is 21.6. The van der Waals surface area contributed by atoms with E-state index >= 15 is 0 Å². The van der Waals surface area contributed by atoms with Gasteiger partial charge in [0, 0.05) is 75.3 Å². The molecule has 1 aliphatic heterocycles. The Labute approximate surface area is 190 Å².